The van der Waals surface area contributed by atoms with Crippen molar-refractivity contribution < 1.29 is 0 Å². The SMILES string of the molecule is CCCc1nc(-c2cn3ccccc3n2)nc(NC)c1Br. The normalized spacial score (nSPS) is 11.0. The molecule has 0 atom stereocenters. The third-order valence-electron chi connectivity index (χ3n) is 3.24. The molecule has 0 unspecified atom stereocenters. The van der Waals surface area contributed by atoms with Crippen LogP contribution in [0.4, 0.5) is 5.82 Å². The molecule has 0 saturated heterocycles. The second kappa shape index (κ2) is 5.81. The Bertz CT molecular complexity index is 748. The van der Waals surface area contributed by atoms with E-state index in [0.29, 0.717) is 5.82 Å². The van der Waals surface area contributed by atoms with Crippen LogP contribution in [0.1, 0.15) is 19.0 Å². The summed E-state index contributed by atoms with van der Waals surface area (Å²) in [5.41, 5.74) is 2.67. The predicted molar refractivity (Wildman–Crippen MR) is 87.5 cm³/mol. The molecule has 6 heteroatoms. The van der Waals surface area contributed by atoms with Crippen LogP contribution < -0.4 is 5.32 Å². The average Bonchev–Trinajstić information content (AvgIpc) is 2.93. The zero-order valence-electron chi connectivity index (χ0n) is 12.0. The first-order valence-corrected chi connectivity index (χ1v) is 7.70. The van der Waals surface area contributed by atoms with Crippen LogP contribution in [-0.2, 0) is 6.42 Å². The molecule has 3 aromatic heterocycles. The number of aryl methyl sites for hydroxylation is 1. The highest BCUT2D eigenvalue weighted by Crippen LogP contribution is 2.27. The summed E-state index contributed by atoms with van der Waals surface area (Å²) in [6.45, 7) is 2.14. The number of rotatable bonds is 4. The molecule has 0 radical (unpaired) electrons. The summed E-state index contributed by atoms with van der Waals surface area (Å²) in [6, 6.07) is 5.91. The van der Waals surface area contributed by atoms with Gasteiger partial charge in [-0.1, -0.05) is 19.4 Å². The van der Waals surface area contributed by atoms with Gasteiger partial charge in [-0.25, -0.2) is 15.0 Å². The lowest BCUT2D eigenvalue weighted by Crippen LogP contribution is -2.03. The highest BCUT2D eigenvalue weighted by Gasteiger charge is 2.14. The zero-order valence-corrected chi connectivity index (χ0v) is 13.6. The molecule has 1 N–H and O–H groups in total. The molecule has 0 fully saturated rings. The maximum Gasteiger partial charge on any atom is 0.182 e. The number of fused-ring (bicyclic) bond motifs is 1. The van der Waals surface area contributed by atoms with Gasteiger partial charge in [-0.3, -0.25) is 0 Å². The van der Waals surface area contributed by atoms with E-state index in [9.17, 15) is 0 Å². The molecule has 0 bridgehead atoms. The van der Waals surface area contributed by atoms with Gasteiger partial charge in [0.1, 0.15) is 17.2 Å². The van der Waals surface area contributed by atoms with Crippen LogP contribution in [0.3, 0.4) is 0 Å². The highest BCUT2D eigenvalue weighted by atomic mass is 79.9. The largest absolute Gasteiger partial charge is 0.372 e. The minimum Gasteiger partial charge on any atom is -0.372 e. The number of pyridine rings is 1. The molecule has 0 aromatic carbocycles. The molecule has 3 rings (SSSR count). The Kier molecular flexibility index (Phi) is 3.88. The van der Waals surface area contributed by atoms with E-state index in [2.05, 4.69) is 43.1 Å². The first-order chi connectivity index (χ1) is 10.2. The minimum atomic E-state index is 0.648. The summed E-state index contributed by atoms with van der Waals surface area (Å²) in [5.74, 6) is 1.44. The number of imidazole rings is 1. The summed E-state index contributed by atoms with van der Waals surface area (Å²) >= 11 is 3.57. The van der Waals surface area contributed by atoms with Gasteiger partial charge < -0.3 is 9.72 Å². The van der Waals surface area contributed by atoms with E-state index in [4.69, 9.17) is 0 Å². The maximum atomic E-state index is 4.66. The lowest BCUT2D eigenvalue weighted by atomic mass is 10.2. The number of aromatic nitrogens is 4. The van der Waals surface area contributed by atoms with Gasteiger partial charge >= 0.3 is 0 Å². The first-order valence-electron chi connectivity index (χ1n) is 6.91. The molecule has 0 amide bonds. The van der Waals surface area contributed by atoms with E-state index in [-0.39, 0.29) is 0 Å². The van der Waals surface area contributed by atoms with Gasteiger partial charge in [0.05, 0.1) is 10.2 Å². The van der Waals surface area contributed by atoms with E-state index in [1.807, 2.05) is 42.0 Å². The van der Waals surface area contributed by atoms with E-state index >= 15 is 0 Å². The van der Waals surface area contributed by atoms with Crippen molar-refractivity contribution in [2.45, 2.75) is 19.8 Å². The number of nitrogens with zero attached hydrogens (tertiary/aromatic N) is 4. The third-order valence-corrected chi connectivity index (χ3v) is 4.07. The van der Waals surface area contributed by atoms with Crippen molar-refractivity contribution in [1.29, 1.82) is 0 Å². The van der Waals surface area contributed by atoms with Crippen molar-refractivity contribution in [3.63, 3.8) is 0 Å². The Balaban J connectivity index is 2.14. The monoisotopic (exact) mass is 345 g/mol. The van der Waals surface area contributed by atoms with E-state index in [1.54, 1.807) is 0 Å². The second-order valence-electron chi connectivity index (χ2n) is 4.75. The molecular formula is C15H16BrN5. The van der Waals surface area contributed by atoms with E-state index < -0.39 is 0 Å². The second-order valence-corrected chi connectivity index (χ2v) is 5.54. The molecule has 0 aliphatic carbocycles. The fourth-order valence-electron chi connectivity index (χ4n) is 2.22. The van der Waals surface area contributed by atoms with Crippen molar-refractivity contribution in [2.75, 3.05) is 12.4 Å². The van der Waals surface area contributed by atoms with Crippen LogP contribution in [-0.4, -0.2) is 26.4 Å². The molecule has 0 aliphatic heterocycles. The number of hydrogen-bond donors (Lipinski definition) is 1. The van der Waals surface area contributed by atoms with Crippen molar-refractivity contribution in [3.05, 3.63) is 40.8 Å². The van der Waals surface area contributed by atoms with Crippen LogP contribution in [0.25, 0.3) is 17.2 Å². The molecule has 3 heterocycles. The Labute approximate surface area is 131 Å². The minimum absolute atomic E-state index is 0.648. The van der Waals surface area contributed by atoms with E-state index in [0.717, 1.165) is 40.2 Å². The molecular weight excluding hydrogens is 330 g/mol. The van der Waals surface area contributed by atoms with Gasteiger partial charge in [-0.2, -0.15) is 0 Å². The number of nitrogens with one attached hydrogen (secondary N) is 1. The highest BCUT2D eigenvalue weighted by molar-refractivity contribution is 9.10. The molecule has 0 saturated carbocycles. The fraction of sp³-hybridized carbons (Fsp3) is 0.267. The topological polar surface area (TPSA) is 55.1 Å². The van der Waals surface area contributed by atoms with Crippen LogP contribution in [0, 0.1) is 0 Å². The lowest BCUT2D eigenvalue weighted by Gasteiger charge is -2.09. The molecule has 5 nitrogen and oxygen atoms in total. The summed E-state index contributed by atoms with van der Waals surface area (Å²) in [6.07, 6.45) is 5.85. The van der Waals surface area contributed by atoms with Crippen LogP contribution in [0.15, 0.2) is 35.1 Å². The van der Waals surface area contributed by atoms with Crippen molar-refractivity contribution in [2.24, 2.45) is 0 Å². The third kappa shape index (κ3) is 2.63. The Hall–Kier alpha value is -1.95. The smallest absolute Gasteiger partial charge is 0.182 e. The van der Waals surface area contributed by atoms with Gasteiger partial charge in [0.15, 0.2) is 5.82 Å². The number of anilines is 1. The molecule has 21 heavy (non-hydrogen) atoms. The van der Waals surface area contributed by atoms with Gasteiger partial charge in [-0.15, -0.1) is 0 Å². The molecule has 0 spiro atoms. The van der Waals surface area contributed by atoms with Crippen LogP contribution in [0.2, 0.25) is 0 Å². The Morgan fingerprint density at radius 1 is 1.24 bits per heavy atom. The number of hydrogen-bond acceptors (Lipinski definition) is 4. The van der Waals surface area contributed by atoms with Gasteiger partial charge in [0.2, 0.25) is 0 Å². The Morgan fingerprint density at radius 3 is 2.81 bits per heavy atom. The Morgan fingerprint density at radius 2 is 2.10 bits per heavy atom. The first kappa shape index (κ1) is 14.0. The summed E-state index contributed by atoms with van der Waals surface area (Å²) in [4.78, 5) is 13.8. The van der Waals surface area contributed by atoms with Crippen LogP contribution in [0.5, 0.6) is 0 Å². The molecule has 0 aliphatic rings. The summed E-state index contributed by atoms with van der Waals surface area (Å²) in [7, 11) is 1.86. The molecule has 3 aromatic rings. The van der Waals surface area contributed by atoms with E-state index in [1.165, 1.54) is 0 Å². The molecule has 108 valence electrons. The van der Waals surface area contributed by atoms with Crippen molar-refractivity contribution >= 4 is 27.4 Å². The standard InChI is InChI=1S/C15H16BrN5/c1-3-6-10-13(16)15(17-2)20-14(19-10)11-9-21-8-5-4-7-12(21)18-11/h4-5,7-9H,3,6H2,1-2H3,(H,17,19,20). The van der Waals surface area contributed by atoms with Crippen molar-refractivity contribution in [3.8, 4) is 11.5 Å². The summed E-state index contributed by atoms with van der Waals surface area (Å²) in [5, 5.41) is 3.11. The summed E-state index contributed by atoms with van der Waals surface area (Å²) < 4.78 is 2.90. The lowest BCUT2D eigenvalue weighted by molar-refractivity contribution is 0.868. The van der Waals surface area contributed by atoms with Gasteiger partial charge in [-0.05, 0) is 34.5 Å². The fourth-order valence-corrected chi connectivity index (χ4v) is 2.79. The zero-order chi connectivity index (χ0) is 14.8. The van der Waals surface area contributed by atoms with Crippen molar-refractivity contribution in [1.82, 2.24) is 19.4 Å². The quantitative estimate of drug-likeness (QED) is 0.785. The predicted octanol–water partition coefficient (Wildman–Crippen LogP) is 3.55. The maximum absolute atomic E-state index is 4.66. The number of halogens is 1. The van der Waals surface area contributed by atoms with Gasteiger partial charge in [0, 0.05) is 19.4 Å². The van der Waals surface area contributed by atoms with Gasteiger partial charge in [0.25, 0.3) is 0 Å². The average molecular weight is 346 g/mol. The van der Waals surface area contributed by atoms with Crippen LogP contribution >= 0.6 is 15.9 Å².